The van der Waals surface area contributed by atoms with Gasteiger partial charge in [0.2, 0.25) is 0 Å². The topological polar surface area (TPSA) is 61.7 Å². The Balaban J connectivity index is 2.16. The summed E-state index contributed by atoms with van der Waals surface area (Å²) in [7, 11) is 0. The highest BCUT2D eigenvalue weighted by Crippen LogP contribution is 2.27. The van der Waals surface area contributed by atoms with Crippen molar-refractivity contribution in [2.45, 2.75) is 6.92 Å². The van der Waals surface area contributed by atoms with Gasteiger partial charge in [-0.05, 0) is 31.2 Å². The molecule has 0 radical (unpaired) electrons. The summed E-state index contributed by atoms with van der Waals surface area (Å²) in [4.78, 5) is 11.8. The molecule has 0 aromatic heterocycles. The molecule has 2 N–H and O–H groups in total. The number of aromatic hydroxyl groups is 1. The van der Waals surface area contributed by atoms with Crippen molar-refractivity contribution in [1.82, 2.24) is 5.43 Å². The van der Waals surface area contributed by atoms with E-state index in [0.717, 1.165) is 0 Å². The van der Waals surface area contributed by atoms with Gasteiger partial charge in [-0.1, -0.05) is 35.9 Å². The largest absolute Gasteiger partial charge is 0.506 e. The van der Waals surface area contributed by atoms with Crippen LogP contribution in [0.1, 0.15) is 22.8 Å². The van der Waals surface area contributed by atoms with E-state index < -0.39 is 0 Å². The van der Waals surface area contributed by atoms with Crippen LogP contribution in [-0.4, -0.2) is 16.7 Å². The monoisotopic (exact) mass is 288 g/mol. The first-order valence-electron chi connectivity index (χ1n) is 5.97. The molecule has 2 rings (SSSR count). The molecular weight excluding hydrogens is 276 g/mol. The van der Waals surface area contributed by atoms with E-state index in [2.05, 4.69) is 10.5 Å². The second kappa shape index (κ2) is 6.21. The van der Waals surface area contributed by atoms with Crippen LogP contribution in [0, 0.1) is 0 Å². The zero-order valence-corrected chi connectivity index (χ0v) is 11.6. The van der Waals surface area contributed by atoms with Crippen LogP contribution in [0.5, 0.6) is 5.75 Å². The number of phenols is 1. The second-order valence-corrected chi connectivity index (χ2v) is 4.55. The number of hydrazone groups is 1. The Labute approximate surface area is 121 Å². The lowest BCUT2D eigenvalue weighted by atomic mass is 10.1. The molecule has 0 spiro atoms. The number of benzene rings is 2. The van der Waals surface area contributed by atoms with Gasteiger partial charge in [-0.25, -0.2) is 5.43 Å². The highest BCUT2D eigenvalue weighted by Gasteiger charge is 2.09. The number of nitrogens with zero attached hydrogens (tertiary/aromatic N) is 1. The Kier molecular flexibility index (Phi) is 4.38. The molecule has 4 nitrogen and oxygen atoms in total. The predicted molar refractivity (Wildman–Crippen MR) is 79.2 cm³/mol. The maximum Gasteiger partial charge on any atom is 0.271 e. The molecule has 1 amide bonds. The van der Waals surface area contributed by atoms with Crippen LogP contribution in [0.3, 0.4) is 0 Å². The van der Waals surface area contributed by atoms with Gasteiger partial charge in [-0.15, -0.1) is 0 Å². The van der Waals surface area contributed by atoms with Crippen LogP contribution in [0.25, 0.3) is 0 Å². The molecule has 0 aliphatic heterocycles. The van der Waals surface area contributed by atoms with E-state index >= 15 is 0 Å². The summed E-state index contributed by atoms with van der Waals surface area (Å²) >= 11 is 5.82. The van der Waals surface area contributed by atoms with Gasteiger partial charge >= 0.3 is 0 Å². The molecule has 0 saturated heterocycles. The van der Waals surface area contributed by atoms with E-state index in [1.165, 1.54) is 0 Å². The highest BCUT2D eigenvalue weighted by molar-refractivity contribution is 6.32. The summed E-state index contributed by atoms with van der Waals surface area (Å²) in [5.74, 6) is -0.365. The van der Waals surface area contributed by atoms with Crippen molar-refractivity contribution < 1.29 is 9.90 Å². The third-order valence-corrected chi connectivity index (χ3v) is 3.04. The van der Waals surface area contributed by atoms with E-state index in [1.54, 1.807) is 49.4 Å². The predicted octanol–water partition coefficient (Wildman–Crippen LogP) is 3.20. The van der Waals surface area contributed by atoms with Crippen LogP contribution in [0.2, 0.25) is 5.02 Å². The fourth-order valence-electron chi connectivity index (χ4n) is 1.66. The van der Waals surface area contributed by atoms with Crippen molar-refractivity contribution in [1.29, 1.82) is 0 Å². The molecule has 0 fully saturated rings. The number of hydrogen-bond donors (Lipinski definition) is 2. The molecule has 0 unspecified atom stereocenters. The van der Waals surface area contributed by atoms with E-state index in [9.17, 15) is 9.90 Å². The third kappa shape index (κ3) is 3.16. The van der Waals surface area contributed by atoms with E-state index in [1.807, 2.05) is 6.07 Å². The number of rotatable bonds is 3. The van der Waals surface area contributed by atoms with Crippen molar-refractivity contribution in [3.8, 4) is 5.75 Å². The Morgan fingerprint density at radius 3 is 2.55 bits per heavy atom. The summed E-state index contributed by atoms with van der Waals surface area (Å²) < 4.78 is 0. The average molecular weight is 289 g/mol. The van der Waals surface area contributed by atoms with Crippen LogP contribution >= 0.6 is 11.6 Å². The zero-order chi connectivity index (χ0) is 14.5. The van der Waals surface area contributed by atoms with E-state index in [-0.39, 0.29) is 16.7 Å². The summed E-state index contributed by atoms with van der Waals surface area (Å²) in [6.45, 7) is 1.68. The lowest BCUT2D eigenvalue weighted by Gasteiger charge is -2.06. The number of halogens is 1. The lowest BCUT2D eigenvalue weighted by Crippen LogP contribution is -2.19. The van der Waals surface area contributed by atoms with Crippen molar-refractivity contribution >= 4 is 23.2 Å². The molecule has 2 aromatic rings. The van der Waals surface area contributed by atoms with Gasteiger partial charge in [0.15, 0.2) is 0 Å². The summed E-state index contributed by atoms with van der Waals surface area (Å²) in [6.07, 6.45) is 0. The van der Waals surface area contributed by atoms with Crippen molar-refractivity contribution in [2.75, 3.05) is 0 Å². The van der Waals surface area contributed by atoms with Gasteiger partial charge in [-0.2, -0.15) is 5.10 Å². The van der Waals surface area contributed by atoms with Crippen molar-refractivity contribution in [3.05, 3.63) is 64.7 Å². The van der Waals surface area contributed by atoms with Gasteiger partial charge in [0.1, 0.15) is 5.75 Å². The Morgan fingerprint density at radius 1 is 1.15 bits per heavy atom. The quantitative estimate of drug-likeness (QED) is 0.673. The first-order chi connectivity index (χ1) is 9.59. The number of amides is 1. The Hall–Kier alpha value is -2.33. The summed E-state index contributed by atoms with van der Waals surface area (Å²) in [5, 5.41) is 14.0. The third-order valence-electron chi connectivity index (χ3n) is 2.74. The first-order valence-corrected chi connectivity index (χ1v) is 6.35. The Morgan fingerprint density at radius 2 is 1.85 bits per heavy atom. The molecule has 0 bridgehead atoms. The van der Waals surface area contributed by atoms with Crippen LogP contribution < -0.4 is 5.43 Å². The fraction of sp³-hybridized carbons (Fsp3) is 0.0667. The molecular formula is C15H13ClN2O2. The number of phenolic OH excluding ortho intramolecular Hbond substituents is 1. The molecule has 20 heavy (non-hydrogen) atoms. The van der Waals surface area contributed by atoms with Gasteiger partial charge in [0, 0.05) is 11.1 Å². The molecule has 0 aliphatic rings. The molecule has 102 valence electrons. The lowest BCUT2D eigenvalue weighted by molar-refractivity contribution is 0.0955. The number of para-hydroxylation sites is 1. The van der Waals surface area contributed by atoms with E-state index in [4.69, 9.17) is 11.6 Å². The molecule has 0 atom stereocenters. The number of hydrogen-bond acceptors (Lipinski definition) is 3. The van der Waals surface area contributed by atoms with Gasteiger partial charge in [-0.3, -0.25) is 4.79 Å². The smallest absolute Gasteiger partial charge is 0.271 e. The standard InChI is InChI=1S/C15H13ClN2O2/c1-10(12-8-5-9-13(16)14(12)19)17-18-15(20)11-6-3-2-4-7-11/h2-9,19H,1H3,(H,18,20). The van der Waals surface area contributed by atoms with Gasteiger partial charge < -0.3 is 5.11 Å². The zero-order valence-electron chi connectivity index (χ0n) is 10.8. The maximum absolute atomic E-state index is 11.8. The fourth-order valence-corrected chi connectivity index (χ4v) is 1.83. The van der Waals surface area contributed by atoms with Crippen LogP contribution in [-0.2, 0) is 0 Å². The minimum atomic E-state index is -0.313. The van der Waals surface area contributed by atoms with Crippen molar-refractivity contribution in [2.24, 2.45) is 5.10 Å². The van der Waals surface area contributed by atoms with Gasteiger partial charge in [0.05, 0.1) is 10.7 Å². The molecule has 0 heterocycles. The minimum absolute atomic E-state index is 0.0515. The Bertz CT molecular complexity index is 654. The van der Waals surface area contributed by atoms with Crippen molar-refractivity contribution in [3.63, 3.8) is 0 Å². The summed E-state index contributed by atoms with van der Waals surface area (Å²) in [6, 6.07) is 13.7. The molecule has 2 aromatic carbocycles. The average Bonchev–Trinajstić information content (AvgIpc) is 2.48. The number of nitrogens with one attached hydrogen (secondary N) is 1. The molecule has 0 saturated carbocycles. The number of carbonyl (C=O) groups is 1. The number of carbonyl (C=O) groups excluding carboxylic acids is 1. The SMILES string of the molecule is CC(=NNC(=O)c1ccccc1)c1cccc(Cl)c1O. The highest BCUT2D eigenvalue weighted by atomic mass is 35.5. The van der Waals surface area contributed by atoms with E-state index in [0.29, 0.717) is 16.8 Å². The summed E-state index contributed by atoms with van der Waals surface area (Å²) in [5.41, 5.74) is 3.90. The molecule has 5 heteroatoms. The normalized spacial score (nSPS) is 11.2. The van der Waals surface area contributed by atoms with Crippen LogP contribution in [0.15, 0.2) is 53.6 Å². The maximum atomic E-state index is 11.8. The first kappa shape index (κ1) is 14.1. The minimum Gasteiger partial charge on any atom is -0.506 e. The second-order valence-electron chi connectivity index (χ2n) is 4.14. The molecule has 0 aliphatic carbocycles. The van der Waals surface area contributed by atoms with Gasteiger partial charge in [0.25, 0.3) is 5.91 Å². The van der Waals surface area contributed by atoms with Crippen LogP contribution in [0.4, 0.5) is 0 Å².